The lowest BCUT2D eigenvalue weighted by atomic mass is 9.96. The molecule has 198 valence electrons. The Kier molecular flexibility index (Phi) is 10.1. The van der Waals surface area contributed by atoms with E-state index in [2.05, 4.69) is 37.6 Å². The average Bonchev–Trinajstić information content (AvgIpc) is 2.86. The van der Waals surface area contributed by atoms with E-state index in [1.807, 2.05) is 6.07 Å². The van der Waals surface area contributed by atoms with Gasteiger partial charge in [-0.3, -0.25) is 4.90 Å². The van der Waals surface area contributed by atoms with Gasteiger partial charge in [0, 0.05) is 36.4 Å². The topological polar surface area (TPSA) is 92.1 Å². The molecule has 0 aliphatic carbocycles. The van der Waals surface area contributed by atoms with Gasteiger partial charge in [0.05, 0.1) is 18.9 Å². The first-order valence-electron chi connectivity index (χ1n) is 12.1. The van der Waals surface area contributed by atoms with Gasteiger partial charge in [-0.1, -0.05) is 18.2 Å². The molecule has 0 fully saturated rings. The number of hydrogen-bond acceptors (Lipinski definition) is 7. The molecule has 1 aromatic heterocycles. The largest absolute Gasteiger partial charge is 0.481 e. The van der Waals surface area contributed by atoms with Crippen LogP contribution in [0.2, 0.25) is 0 Å². The summed E-state index contributed by atoms with van der Waals surface area (Å²) >= 11 is 0. The van der Waals surface area contributed by atoms with E-state index in [0.29, 0.717) is 41.3 Å². The van der Waals surface area contributed by atoms with Crippen molar-refractivity contribution in [3.8, 4) is 22.8 Å². The molecule has 0 unspecified atom stereocenters. The summed E-state index contributed by atoms with van der Waals surface area (Å²) in [4.78, 5) is 37.7. The number of esters is 1. The summed E-state index contributed by atoms with van der Waals surface area (Å²) in [5, 5.41) is 0. The van der Waals surface area contributed by atoms with E-state index in [0.717, 1.165) is 17.3 Å². The molecule has 0 aliphatic heterocycles. The molecule has 1 heterocycles. The van der Waals surface area contributed by atoms with Crippen molar-refractivity contribution in [1.29, 1.82) is 0 Å². The summed E-state index contributed by atoms with van der Waals surface area (Å²) in [6.45, 7) is 8.88. The van der Waals surface area contributed by atoms with Crippen LogP contribution < -0.4 is 9.47 Å². The van der Waals surface area contributed by atoms with Gasteiger partial charge in [-0.15, -0.1) is 0 Å². The first-order chi connectivity index (χ1) is 17.6. The van der Waals surface area contributed by atoms with Crippen molar-refractivity contribution >= 4 is 14.3 Å². The fourth-order valence-corrected chi connectivity index (χ4v) is 4.63. The Morgan fingerprint density at radius 3 is 2.43 bits per heavy atom. The van der Waals surface area contributed by atoms with Crippen molar-refractivity contribution in [2.24, 2.45) is 0 Å². The van der Waals surface area contributed by atoms with E-state index in [1.54, 1.807) is 42.5 Å². The SMILES string of the molecule is COc1cc(-c2ccc(C(=O)Oc3cccc(CCP(O)O)c3)cc2CN(C(C)C)C(C)C)c(F)cn1. The number of carbonyl (C=O) groups is 1. The average molecular weight is 529 g/mol. The monoisotopic (exact) mass is 528 g/mol. The highest BCUT2D eigenvalue weighted by Gasteiger charge is 2.21. The number of ether oxygens (including phenoxy) is 2. The number of nitrogens with zero attached hydrogens (tertiary/aromatic N) is 2. The first-order valence-corrected chi connectivity index (χ1v) is 13.6. The van der Waals surface area contributed by atoms with Gasteiger partial charge in [-0.2, -0.15) is 0 Å². The van der Waals surface area contributed by atoms with Gasteiger partial charge in [-0.25, -0.2) is 14.2 Å². The quantitative estimate of drug-likeness (QED) is 0.191. The summed E-state index contributed by atoms with van der Waals surface area (Å²) in [5.41, 5.74) is 2.94. The van der Waals surface area contributed by atoms with Crippen LogP contribution in [-0.4, -0.2) is 51.0 Å². The minimum absolute atomic E-state index is 0.224. The molecule has 0 spiro atoms. The van der Waals surface area contributed by atoms with Crippen molar-refractivity contribution < 1.29 is 28.4 Å². The Balaban J connectivity index is 1.97. The second-order valence-corrected chi connectivity index (χ2v) is 10.5. The van der Waals surface area contributed by atoms with Gasteiger partial charge in [0.25, 0.3) is 0 Å². The lowest BCUT2D eigenvalue weighted by Gasteiger charge is -2.31. The van der Waals surface area contributed by atoms with Crippen molar-refractivity contribution in [3.63, 3.8) is 0 Å². The van der Waals surface area contributed by atoms with Gasteiger partial charge in [0.2, 0.25) is 5.88 Å². The van der Waals surface area contributed by atoms with E-state index in [9.17, 15) is 19.0 Å². The third kappa shape index (κ3) is 7.79. The van der Waals surface area contributed by atoms with Crippen LogP contribution in [0.3, 0.4) is 0 Å². The molecule has 9 heteroatoms. The maximum absolute atomic E-state index is 14.9. The minimum Gasteiger partial charge on any atom is -0.481 e. The smallest absolute Gasteiger partial charge is 0.343 e. The van der Waals surface area contributed by atoms with Crippen LogP contribution in [0, 0.1) is 5.82 Å². The number of aromatic nitrogens is 1. The maximum atomic E-state index is 14.9. The molecule has 0 aliphatic rings. The second kappa shape index (κ2) is 13.1. The molecule has 7 nitrogen and oxygen atoms in total. The summed E-state index contributed by atoms with van der Waals surface area (Å²) in [6.07, 6.45) is 1.84. The fraction of sp³-hybridized carbons (Fsp3) is 0.357. The van der Waals surface area contributed by atoms with Gasteiger partial charge in [-0.05, 0) is 75.1 Å². The summed E-state index contributed by atoms with van der Waals surface area (Å²) in [6, 6.07) is 14.1. The zero-order valence-corrected chi connectivity index (χ0v) is 22.7. The zero-order valence-electron chi connectivity index (χ0n) is 21.8. The number of benzene rings is 2. The molecule has 37 heavy (non-hydrogen) atoms. The molecule has 0 radical (unpaired) electrons. The number of aryl methyl sites for hydroxylation is 1. The Bertz CT molecular complexity index is 1210. The highest BCUT2D eigenvalue weighted by atomic mass is 31.2. The van der Waals surface area contributed by atoms with E-state index < -0.39 is 20.2 Å². The molecule has 2 aromatic carbocycles. The Labute approximate surface area is 218 Å². The van der Waals surface area contributed by atoms with Crippen LogP contribution in [0.1, 0.15) is 49.2 Å². The predicted octanol–water partition coefficient (Wildman–Crippen LogP) is 5.57. The van der Waals surface area contributed by atoms with Crippen LogP contribution >= 0.6 is 8.38 Å². The maximum Gasteiger partial charge on any atom is 0.343 e. The second-order valence-electron chi connectivity index (χ2n) is 9.32. The minimum atomic E-state index is -1.99. The standard InChI is InChI=1S/C28H34FN2O5P/c1-18(2)31(19(3)4)17-22-14-21(9-10-24(22)25-15-27(35-5)30-16-26(25)29)28(32)36-23-8-6-7-20(13-23)11-12-37(33)34/h6-10,13-16,18-19,33-34H,11-12,17H2,1-5H3. The van der Waals surface area contributed by atoms with Crippen LogP contribution in [-0.2, 0) is 13.0 Å². The summed E-state index contributed by atoms with van der Waals surface area (Å²) < 4.78 is 25.7. The molecule has 2 N–H and O–H groups in total. The number of rotatable bonds is 11. The Hall–Kier alpha value is -2.90. The van der Waals surface area contributed by atoms with E-state index in [4.69, 9.17) is 9.47 Å². The van der Waals surface area contributed by atoms with Crippen molar-refractivity contribution in [2.45, 2.75) is 52.7 Å². The number of carbonyl (C=O) groups excluding carboxylic acids is 1. The lowest BCUT2D eigenvalue weighted by molar-refractivity contribution is 0.0734. The van der Waals surface area contributed by atoms with E-state index in [-0.39, 0.29) is 18.2 Å². The van der Waals surface area contributed by atoms with Crippen LogP contribution in [0.25, 0.3) is 11.1 Å². The number of pyridine rings is 1. The lowest BCUT2D eigenvalue weighted by Crippen LogP contribution is -2.36. The van der Waals surface area contributed by atoms with E-state index in [1.165, 1.54) is 7.11 Å². The molecule has 0 amide bonds. The number of halogens is 1. The van der Waals surface area contributed by atoms with Crippen molar-refractivity contribution in [1.82, 2.24) is 9.88 Å². The highest BCUT2D eigenvalue weighted by molar-refractivity contribution is 7.45. The van der Waals surface area contributed by atoms with Crippen LogP contribution in [0.5, 0.6) is 11.6 Å². The van der Waals surface area contributed by atoms with Gasteiger partial charge in [0.15, 0.2) is 8.38 Å². The number of methoxy groups -OCH3 is 1. The fourth-order valence-electron chi connectivity index (χ4n) is 4.17. The number of hydrogen-bond donors (Lipinski definition) is 2. The normalized spacial score (nSPS) is 11.6. The molecule has 0 bridgehead atoms. The van der Waals surface area contributed by atoms with Gasteiger partial charge < -0.3 is 19.3 Å². The van der Waals surface area contributed by atoms with Crippen molar-refractivity contribution in [3.05, 3.63) is 77.2 Å². The summed E-state index contributed by atoms with van der Waals surface area (Å²) in [7, 11) is -0.509. The summed E-state index contributed by atoms with van der Waals surface area (Å²) in [5.74, 6) is -0.358. The van der Waals surface area contributed by atoms with Crippen LogP contribution in [0.4, 0.5) is 4.39 Å². The first kappa shape index (κ1) is 28.7. The highest BCUT2D eigenvalue weighted by Crippen LogP contribution is 2.31. The van der Waals surface area contributed by atoms with Gasteiger partial charge >= 0.3 is 5.97 Å². The molecule has 3 aromatic rings. The Morgan fingerprint density at radius 1 is 1.05 bits per heavy atom. The van der Waals surface area contributed by atoms with Crippen molar-refractivity contribution in [2.75, 3.05) is 13.3 Å². The third-order valence-corrected chi connectivity index (χ3v) is 6.68. The van der Waals surface area contributed by atoms with Gasteiger partial charge in [0.1, 0.15) is 11.6 Å². The van der Waals surface area contributed by atoms with E-state index >= 15 is 0 Å². The molecular formula is C28H34FN2O5P. The third-order valence-electron chi connectivity index (χ3n) is 6.06. The molecule has 0 atom stereocenters. The predicted molar refractivity (Wildman–Crippen MR) is 143 cm³/mol. The molecular weight excluding hydrogens is 494 g/mol. The molecule has 3 rings (SSSR count). The molecule has 0 saturated heterocycles. The zero-order chi connectivity index (χ0) is 27.1. The Morgan fingerprint density at radius 2 is 1.78 bits per heavy atom. The van der Waals surface area contributed by atoms with Crippen LogP contribution in [0.15, 0.2) is 54.7 Å². The molecule has 0 saturated carbocycles.